The predicted molar refractivity (Wildman–Crippen MR) is 69.4 cm³/mol. The van der Waals surface area contributed by atoms with Crippen molar-refractivity contribution in [3.63, 3.8) is 0 Å². The highest BCUT2D eigenvalue weighted by atomic mass is 16.5. The van der Waals surface area contributed by atoms with Crippen LogP contribution in [0.1, 0.15) is 36.7 Å². The number of amides is 1. The van der Waals surface area contributed by atoms with Crippen LogP contribution in [0.15, 0.2) is 24.3 Å². The predicted octanol–water partition coefficient (Wildman–Crippen LogP) is 1.93. The zero-order valence-corrected chi connectivity index (χ0v) is 11.0. The van der Waals surface area contributed by atoms with Gasteiger partial charge in [-0.05, 0) is 31.9 Å². The van der Waals surface area contributed by atoms with E-state index in [2.05, 4.69) is 5.32 Å². The van der Waals surface area contributed by atoms with Crippen molar-refractivity contribution in [3.05, 3.63) is 35.4 Å². The fraction of sp³-hybridized carbons (Fsp3) is 0.429. The molecule has 0 saturated carbocycles. The van der Waals surface area contributed by atoms with Crippen molar-refractivity contribution in [3.8, 4) is 0 Å². The number of ether oxygens (including phenoxy) is 1. The van der Waals surface area contributed by atoms with Crippen LogP contribution in [0.3, 0.4) is 0 Å². The van der Waals surface area contributed by atoms with Crippen LogP contribution >= 0.6 is 0 Å². The van der Waals surface area contributed by atoms with E-state index in [0.717, 1.165) is 12.0 Å². The minimum absolute atomic E-state index is 0.243. The summed E-state index contributed by atoms with van der Waals surface area (Å²) in [6.45, 7) is 5.65. The van der Waals surface area contributed by atoms with E-state index in [4.69, 9.17) is 4.74 Å². The van der Waals surface area contributed by atoms with E-state index in [1.54, 1.807) is 19.9 Å². The first kappa shape index (κ1) is 14.2. The summed E-state index contributed by atoms with van der Waals surface area (Å²) in [6.07, 6.45) is 0.775. The highest BCUT2D eigenvalue weighted by Gasteiger charge is 2.18. The van der Waals surface area contributed by atoms with Crippen LogP contribution in [-0.4, -0.2) is 24.5 Å². The van der Waals surface area contributed by atoms with Gasteiger partial charge in [-0.1, -0.05) is 25.1 Å². The van der Waals surface area contributed by atoms with Gasteiger partial charge in [0.05, 0.1) is 6.61 Å². The number of aryl methyl sites for hydroxylation is 1. The summed E-state index contributed by atoms with van der Waals surface area (Å²) in [5, 5.41) is 2.64. The minimum atomic E-state index is -0.637. The van der Waals surface area contributed by atoms with E-state index in [9.17, 15) is 9.59 Å². The zero-order chi connectivity index (χ0) is 13.5. The quantitative estimate of drug-likeness (QED) is 0.811. The van der Waals surface area contributed by atoms with Crippen molar-refractivity contribution in [2.24, 2.45) is 0 Å². The number of esters is 1. The molecule has 1 unspecified atom stereocenters. The maximum atomic E-state index is 12.0. The second-order valence-electron chi connectivity index (χ2n) is 3.96. The average molecular weight is 249 g/mol. The Morgan fingerprint density at radius 1 is 1.28 bits per heavy atom. The number of rotatable bonds is 5. The molecule has 0 aliphatic heterocycles. The van der Waals surface area contributed by atoms with Crippen LogP contribution in [0.2, 0.25) is 0 Å². The highest BCUT2D eigenvalue weighted by molar-refractivity contribution is 5.97. The molecular weight excluding hydrogens is 230 g/mol. The Balaban J connectivity index is 2.73. The molecule has 0 radical (unpaired) electrons. The zero-order valence-electron chi connectivity index (χ0n) is 11.0. The van der Waals surface area contributed by atoms with Gasteiger partial charge in [-0.15, -0.1) is 0 Å². The summed E-state index contributed by atoms with van der Waals surface area (Å²) in [5.41, 5.74) is 1.57. The molecule has 0 aliphatic carbocycles. The second-order valence-corrected chi connectivity index (χ2v) is 3.96. The third-order valence-corrected chi connectivity index (χ3v) is 2.63. The molecule has 0 fully saturated rings. The molecule has 4 nitrogen and oxygen atoms in total. The van der Waals surface area contributed by atoms with Crippen LogP contribution < -0.4 is 5.32 Å². The highest BCUT2D eigenvalue weighted by Crippen LogP contribution is 2.09. The third-order valence-electron chi connectivity index (χ3n) is 2.63. The molecular formula is C14H19NO3. The van der Waals surface area contributed by atoms with Gasteiger partial charge in [-0.2, -0.15) is 0 Å². The molecule has 0 bridgehead atoms. The lowest BCUT2D eigenvalue weighted by molar-refractivity contribution is -0.144. The van der Waals surface area contributed by atoms with E-state index >= 15 is 0 Å². The molecule has 1 aromatic carbocycles. The smallest absolute Gasteiger partial charge is 0.328 e. The summed E-state index contributed by atoms with van der Waals surface area (Å²) < 4.78 is 4.84. The van der Waals surface area contributed by atoms with Crippen molar-refractivity contribution in [2.45, 2.75) is 33.2 Å². The first-order valence-electron chi connectivity index (χ1n) is 6.15. The molecule has 1 atom stereocenters. The molecule has 98 valence electrons. The first-order valence-corrected chi connectivity index (χ1v) is 6.15. The van der Waals surface area contributed by atoms with Crippen LogP contribution in [0.5, 0.6) is 0 Å². The largest absolute Gasteiger partial charge is 0.464 e. The second kappa shape index (κ2) is 6.79. The lowest BCUT2D eigenvalue weighted by atomic mass is 10.0. The molecule has 0 aromatic heterocycles. The number of benzene rings is 1. The Labute approximate surface area is 107 Å². The van der Waals surface area contributed by atoms with E-state index in [-0.39, 0.29) is 5.91 Å². The molecule has 1 amide bonds. The lowest BCUT2D eigenvalue weighted by Gasteiger charge is -2.14. The summed E-state index contributed by atoms with van der Waals surface area (Å²) >= 11 is 0. The fourth-order valence-corrected chi connectivity index (χ4v) is 1.65. The monoisotopic (exact) mass is 249 g/mol. The molecule has 0 spiro atoms. The van der Waals surface area contributed by atoms with Crippen LogP contribution in [0.25, 0.3) is 0 Å². The number of carbonyl (C=O) groups is 2. The molecule has 1 aromatic rings. The summed E-state index contributed by atoms with van der Waals surface area (Å²) in [6, 6.07) is 6.73. The van der Waals surface area contributed by atoms with E-state index in [1.807, 2.05) is 25.1 Å². The van der Waals surface area contributed by atoms with Crippen molar-refractivity contribution in [1.29, 1.82) is 0 Å². The van der Waals surface area contributed by atoms with Gasteiger partial charge in [0, 0.05) is 5.56 Å². The van der Waals surface area contributed by atoms with Gasteiger partial charge in [-0.25, -0.2) is 4.79 Å². The van der Waals surface area contributed by atoms with Crippen LogP contribution in [0.4, 0.5) is 0 Å². The Morgan fingerprint density at radius 3 is 2.56 bits per heavy atom. The Morgan fingerprint density at radius 2 is 1.94 bits per heavy atom. The maximum Gasteiger partial charge on any atom is 0.328 e. The van der Waals surface area contributed by atoms with Crippen LogP contribution in [0, 0.1) is 0 Å². The van der Waals surface area contributed by atoms with Gasteiger partial charge in [-0.3, -0.25) is 4.79 Å². The normalized spacial score (nSPS) is 11.7. The first-order chi connectivity index (χ1) is 8.60. The Hall–Kier alpha value is -1.84. The topological polar surface area (TPSA) is 55.4 Å². The molecule has 1 rings (SSSR count). The van der Waals surface area contributed by atoms with Gasteiger partial charge in [0.25, 0.3) is 5.91 Å². The summed E-state index contributed by atoms with van der Waals surface area (Å²) in [4.78, 5) is 23.5. The molecule has 1 N–H and O–H groups in total. The van der Waals surface area contributed by atoms with Gasteiger partial charge in [0.1, 0.15) is 6.04 Å². The third kappa shape index (κ3) is 3.58. The molecule has 0 aliphatic rings. The van der Waals surface area contributed by atoms with Crippen LogP contribution in [-0.2, 0) is 16.0 Å². The number of carbonyl (C=O) groups excluding carboxylic acids is 2. The number of nitrogens with one attached hydrogen (secondary N) is 1. The number of hydrogen-bond acceptors (Lipinski definition) is 3. The van der Waals surface area contributed by atoms with Gasteiger partial charge < -0.3 is 10.1 Å². The van der Waals surface area contributed by atoms with E-state index in [0.29, 0.717) is 12.2 Å². The van der Waals surface area contributed by atoms with E-state index < -0.39 is 12.0 Å². The molecule has 0 saturated heterocycles. The molecule has 18 heavy (non-hydrogen) atoms. The summed E-state index contributed by atoms with van der Waals surface area (Å²) in [7, 11) is 0. The average Bonchev–Trinajstić information content (AvgIpc) is 2.38. The SMILES string of the molecule is CCOC(=O)C(C)NC(=O)c1ccccc1CC. The molecule has 0 heterocycles. The minimum Gasteiger partial charge on any atom is -0.464 e. The van der Waals surface area contributed by atoms with Gasteiger partial charge >= 0.3 is 5.97 Å². The lowest BCUT2D eigenvalue weighted by Crippen LogP contribution is -2.39. The number of hydrogen-bond donors (Lipinski definition) is 1. The standard InChI is InChI=1S/C14H19NO3/c1-4-11-8-6-7-9-12(11)13(16)15-10(3)14(17)18-5-2/h6-10H,4-5H2,1-3H3,(H,15,16). The molecule has 4 heteroatoms. The van der Waals surface area contributed by atoms with Crippen molar-refractivity contribution < 1.29 is 14.3 Å². The fourth-order valence-electron chi connectivity index (χ4n) is 1.65. The van der Waals surface area contributed by atoms with Gasteiger partial charge in [0.15, 0.2) is 0 Å². The maximum absolute atomic E-state index is 12.0. The van der Waals surface area contributed by atoms with E-state index in [1.165, 1.54) is 0 Å². The van der Waals surface area contributed by atoms with Gasteiger partial charge in [0.2, 0.25) is 0 Å². The van der Waals surface area contributed by atoms with Crippen molar-refractivity contribution >= 4 is 11.9 Å². The Kier molecular flexibility index (Phi) is 5.36. The Bertz CT molecular complexity index is 429. The summed E-state index contributed by atoms with van der Waals surface area (Å²) in [5.74, 6) is -0.659. The van der Waals surface area contributed by atoms with Crippen molar-refractivity contribution in [1.82, 2.24) is 5.32 Å². The van der Waals surface area contributed by atoms with Crippen molar-refractivity contribution in [2.75, 3.05) is 6.61 Å².